The average Bonchev–Trinajstić information content (AvgIpc) is 2.35. The van der Waals surface area contributed by atoms with Crippen molar-refractivity contribution in [1.29, 1.82) is 0 Å². The highest BCUT2D eigenvalue weighted by molar-refractivity contribution is 5.32. The predicted molar refractivity (Wildman–Crippen MR) is 61.9 cm³/mol. The number of morpholine rings is 1. The SMILES string of the molecule is CCN1CCOC(c2nc(C)c(F)c(N)n2)C1. The van der Waals surface area contributed by atoms with E-state index in [0.29, 0.717) is 12.4 Å². The van der Waals surface area contributed by atoms with Gasteiger partial charge in [-0.3, -0.25) is 4.90 Å². The van der Waals surface area contributed by atoms with Crippen molar-refractivity contribution in [2.75, 3.05) is 32.0 Å². The minimum atomic E-state index is -0.545. The number of ether oxygens (including phenoxy) is 1. The van der Waals surface area contributed by atoms with E-state index in [1.165, 1.54) is 0 Å². The van der Waals surface area contributed by atoms with Crippen molar-refractivity contribution in [1.82, 2.24) is 14.9 Å². The molecule has 0 spiro atoms. The second-order valence-corrected chi connectivity index (χ2v) is 4.12. The number of nitrogens with two attached hydrogens (primary N) is 1. The molecule has 0 aromatic carbocycles. The van der Waals surface area contributed by atoms with E-state index in [1.807, 2.05) is 0 Å². The fourth-order valence-corrected chi connectivity index (χ4v) is 1.89. The smallest absolute Gasteiger partial charge is 0.186 e. The van der Waals surface area contributed by atoms with Crippen LogP contribution in [0.1, 0.15) is 24.5 Å². The molecule has 0 radical (unpaired) electrons. The molecule has 5 nitrogen and oxygen atoms in total. The summed E-state index contributed by atoms with van der Waals surface area (Å²) in [5, 5.41) is 0. The van der Waals surface area contributed by atoms with Gasteiger partial charge in [-0.15, -0.1) is 0 Å². The van der Waals surface area contributed by atoms with Crippen molar-refractivity contribution in [2.45, 2.75) is 20.0 Å². The first-order valence-electron chi connectivity index (χ1n) is 5.75. The van der Waals surface area contributed by atoms with Crippen LogP contribution in [0.25, 0.3) is 0 Å². The molecule has 0 saturated carbocycles. The zero-order chi connectivity index (χ0) is 12.4. The van der Waals surface area contributed by atoms with Gasteiger partial charge in [0, 0.05) is 13.1 Å². The van der Waals surface area contributed by atoms with Crippen molar-refractivity contribution < 1.29 is 9.13 Å². The molecule has 17 heavy (non-hydrogen) atoms. The number of nitrogens with zero attached hydrogens (tertiary/aromatic N) is 3. The monoisotopic (exact) mass is 240 g/mol. The predicted octanol–water partition coefficient (Wildman–Crippen LogP) is 0.900. The summed E-state index contributed by atoms with van der Waals surface area (Å²) in [6.45, 7) is 6.89. The van der Waals surface area contributed by atoms with Gasteiger partial charge in [0.25, 0.3) is 0 Å². The van der Waals surface area contributed by atoms with E-state index in [2.05, 4.69) is 21.8 Å². The maximum absolute atomic E-state index is 13.3. The van der Waals surface area contributed by atoms with Gasteiger partial charge >= 0.3 is 0 Å². The Bertz CT molecular complexity index is 389. The number of nitrogen functional groups attached to an aromatic ring is 1. The van der Waals surface area contributed by atoms with Crippen LogP contribution >= 0.6 is 0 Å². The number of hydrogen-bond acceptors (Lipinski definition) is 5. The Morgan fingerprint density at radius 2 is 2.29 bits per heavy atom. The normalized spacial score (nSPS) is 21.7. The summed E-state index contributed by atoms with van der Waals surface area (Å²) < 4.78 is 18.9. The van der Waals surface area contributed by atoms with Crippen molar-refractivity contribution in [3.05, 3.63) is 17.3 Å². The van der Waals surface area contributed by atoms with Crippen LogP contribution < -0.4 is 5.73 Å². The van der Waals surface area contributed by atoms with Crippen LogP contribution in [0.2, 0.25) is 0 Å². The summed E-state index contributed by atoms with van der Waals surface area (Å²) in [6, 6.07) is 0. The molecule has 1 unspecified atom stereocenters. The van der Waals surface area contributed by atoms with Crippen LogP contribution in [0.3, 0.4) is 0 Å². The lowest BCUT2D eigenvalue weighted by atomic mass is 10.2. The Kier molecular flexibility index (Phi) is 3.54. The number of likely N-dealkylation sites (N-methyl/N-ethyl adjacent to an activating group) is 1. The number of rotatable bonds is 2. The lowest BCUT2D eigenvalue weighted by molar-refractivity contribution is -0.0326. The number of hydrogen-bond donors (Lipinski definition) is 1. The van der Waals surface area contributed by atoms with Gasteiger partial charge in [0.1, 0.15) is 6.10 Å². The minimum Gasteiger partial charge on any atom is -0.381 e. The molecule has 1 saturated heterocycles. The summed E-state index contributed by atoms with van der Waals surface area (Å²) in [6.07, 6.45) is -0.217. The molecule has 94 valence electrons. The quantitative estimate of drug-likeness (QED) is 0.832. The van der Waals surface area contributed by atoms with E-state index >= 15 is 0 Å². The van der Waals surface area contributed by atoms with E-state index in [9.17, 15) is 4.39 Å². The van der Waals surface area contributed by atoms with Gasteiger partial charge in [-0.25, -0.2) is 14.4 Å². The highest BCUT2D eigenvalue weighted by atomic mass is 19.1. The second-order valence-electron chi connectivity index (χ2n) is 4.12. The molecule has 0 amide bonds. The fraction of sp³-hybridized carbons (Fsp3) is 0.636. The van der Waals surface area contributed by atoms with Gasteiger partial charge in [-0.1, -0.05) is 6.92 Å². The third-order valence-corrected chi connectivity index (χ3v) is 2.95. The molecule has 1 aromatic rings. The van der Waals surface area contributed by atoms with Crippen LogP contribution in [0.5, 0.6) is 0 Å². The summed E-state index contributed by atoms with van der Waals surface area (Å²) in [4.78, 5) is 10.3. The second kappa shape index (κ2) is 4.93. The summed E-state index contributed by atoms with van der Waals surface area (Å²) in [7, 11) is 0. The summed E-state index contributed by atoms with van der Waals surface area (Å²) >= 11 is 0. The van der Waals surface area contributed by atoms with Crippen molar-refractivity contribution in [3.8, 4) is 0 Å². The van der Waals surface area contributed by atoms with E-state index < -0.39 is 5.82 Å². The van der Waals surface area contributed by atoms with Crippen LogP contribution in [-0.2, 0) is 4.74 Å². The molecule has 1 fully saturated rings. The fourth-order valence-electron chi connectivity index (χ4n) is 1.89. The average molecular weight is 240 g/mol. The van der Waals surface area contributed by atoms with Crippen LogP contribution in [0.4, 0.5) is 10.2 Å². The number of aromatic nitrogens is 2. The van der Waals surface area contributed by atoms with Crippen molar-refractivity contribution >= 4 is 5.82 Å². The largest absolute Gasteiger partial charge is 0.381 e. The molecule has 1 aliphatic heterocycles. The molecule has 0 bridgehead atoms. The molecule has 6 heteroatoms. The Morgan fingerprint density at radius 1 is 1.53 bits per heavy atom. The standard InChI is InChI=1S/C11H17FN4O/c1-3-16-4-5-17-8(6-16)11-14-7(2)9(12)10(13)15-11/h8H,3-6H2,1-2H3,(H2,13,14,15). The molecule has 2 N–H and O–H groups in total. The maximum atomic E-state index is 13.3. The third kappa shape index (κ3) is 2.53. The third-order valence-electron chi connectivity index (χ3n) is 2.95. The lowest BCUT2D eigenvalue weighted by Crippen LogP contribution is -2.38. The van der Waals surface area contributed by atoms with Crippen LogP contribution in [0.15, 0.2) is 0 Å². The summed E-state index contributed by atoms with van der Waals surface area (Å²) in [5.74, 6) is -0.179. The molecular formula is C11H17FN4O. The molecule has 1 atom stereocenters. The topological polar surface area (TPSA) is 64.3 Å². The van der Waals surface area contributed by atoms with Gasteiger partial charge in [0.2, 0.25) is 0 Å². The number of halogens is 1. The van der Waals surface area contributed by atoms with Crippen LogP contribution in [-0.4, -0.2) is 41.1 Å². The maximum Gasteiger partial charge on any atom is 0.186 e. The first-order valence-corrected chi connectivity index (χ1v) is 5.75. The van der Waals surface area contributed by atoms with E-state index in [4.69, 9.17) is 10.5 Å². The van der Waals surface area contributed by atoms with Gasteiger partial charge in [-0.05, 0) is 13.5 Å². The Hall–Kier alpha value is -1.27. The van der Waals surface area contributed by atoms with Gasteiger partial charge < -0.3 is 10.5 Å². The highest BCUT2D eigenvalue weighted by Crippen LogP contribution is 2.21. The number of aryl methyl sites for hydroxylation is 1. The minimum absolute atomic E-state index is 0.107. The van der Waals surface area contributed by atoms with E-state index in [-0.39, 0.29) is 17.6 Å². The Labute approximate surface area is 99.8 Å². The van der Waals surface area contributed by atoms with E-state index in [0.717, 1.165) is 19.6 Å². The molecule has 1 aliphatic rings. The Balaban J connectivity index is 2.22. The zero-order valence-corrected chi connectivity index (χ0v) is 10.1. The molecule has 0 aliphatic carbocycles. The number of anilines is 1. The molecular weight excluding hydrogens is 223 g/mol. The Morgan fingerprint density at radius 3 is 2.94 bits per heavy atom. The molecule has 2 rings (SSSR count). The first-order chi connectivity index (χ1) is 8.11. The van der Waals surface area contributed by atoms with Crippen LogP contribution in [0, 0.1) is 12.7 Å². The van der Waals surface area contributed by atoms with E-state index in [1.54, 1.807) is 6.92 Å². The first kappa shape index (κ1) is 12.2. The van der Waals surface area contributed by atoms with Crippen molar-refractivity contribution in [2.24, 2.45) is 0 Å². The zero-order valence-electron chi connectivity index (χ0n) is 10.1. The molecule has 1 aromatic heterocycles. The van der Waals surface area contributed by atoms with Gasteiger partial charge in [0.15, 0.2) is 17.5 Å². The van der Waals surface area contributed by atoms with Gasteiger partial charge in [-0.2, -0.15) is 0 Å². The lowest BCUT2D eigenvalue weighted by Gasteiger charge is -2.31. The van der Waals surface area contributed by atoms with Crippen molar-refractivity contribution in [3.63, 3.8) is 0 Å². The van der Waals surface area contributed by atoms with Gasteiger partial charge in [0.05, 0.1) is 12.3 Å². The summed E-state index contributed by atoms with van der Waals surface area (Å²) in [5.41, 5.74) is 5.77. The molecule has 2 heterocycles. The highest BCUT2D eigenvalue weighted by Gasteiger charge is 2.24.